The second-order valence-electron chi connectivity index (χ2n) is 6.89. The minimum absolute atomic E-state index is 0.119. The molecule has 3 aromatic rings. The molecule has 2 heterocycles. The van der Waals surface area contributed by atoms with Crippen molar-refractivity contribution < 1.29 is 18.0 Å². The predicted molar refractivity (Wildman–Crippen MR) is 107 cm³/mol. The number of nitrogens with one attached hydrogen (secondary N) is 1. The van der Waals surface area contributed by atoms with Crippen LogP contribution in [0.2, 0.25) is 0 Å². The van der Waals surface area contributed by atoms with Gasteiger partial charge in [0.15, 0.2) is 11.5 Å². The van der Waals surface area contributed by atoms with Crippen LogP contribution in [0.5, 0.6) is 0 Å². The number of hydrogen-bond donors (Lipinski definition) is 1. The Morgan fingerprint density at radius 1 is 0.966 bits per heavy atom. The second kappa shape index (κ2) is 7.41. The zero-order valence-corrected chi connectivity index (χ0v) is 16.6. The quantitative estimate of drug-likeness (QED) is 0.660. The maximum Gasteiger partial charge on any atom is 0.275 e. The molecule has 1 N–H and O–H groups in total. The number of benzene rings is 2. The van der Waals surface area contributed by atoms with Gasteiger partial charge in [0.2, 0.25) is 10.0 Å². The molecule has 0 unspecified atom stereocenters. The van der Waals surface area contributed by atoms with E-state index in [9.17, 15) is 18.0 Å². The number of nitrogens with zero attached hydrogens (tertiary/aromatic N) is 3. The van der Waals surface area contributed by atoms with Crippen LogP contribution in [0.4, 0.5) is 0 Å². The highest BCUT2D eigenvalue weighted by Crippen LogP contribution is 2.21. The van der Waals surface area contributed by atoms with Crippen molar-refractivity contribution in [3.05, 3.63) is 59.8 Å². The number of Topliss-reactive ketones (excluding diaryl/α,β-unsaturated/α-hetero) is 1. The van der Waals surface area contributed by atoms with Crippen LogP contribution in [-0.2, 0) is 10.0 Å². The van der Waals surface area contributed by atoms with Crippen molar-refractivity contribution in [1.82, 2.24) is 19.4 Å². The molecule has 29 heavy (non-hydrogen) atoms. The van der Waals surface area contributed by atoms with E-state index < -0.39 is 10.0 Å². The second-order valence-corrected chi connectivity index (χ2v) is 8.83. The summed E-state index contributed by atoms with van der Waals surface area (Å²) in [6.07, 6.45) is 0. The Kier molecular flexibility index (Phi) is 4.93. The summed E-state index contributed by atoms with van der Waals surface area (Å²) in [6.45, 7) is 2.40. The zero-order valence-electron chi connectivity index (χ0n) is 15.8. The molecule has 1 aliphatic heterocycles. The molecule has 9 heteroatoms. The van der Waals surface area contributed by atoms with E-state index in [-0.39, 0.29) is 42.8 Å². The number of hydrogen-bond acceptors (Lipinski definition) is 5. The fourth-order valence-corrected chi connectivity index (χ4v) is 4.84. The molecule has 1 aromatic heterocycles. The number of fused-ring (bicyclic) bond motifs is 1. The van der Waals surface area contributed by atoms with Gasteiger partial charge >= 0.3 is 0 Å². The number of H-pyrrole nitrogens is 1. The number of aromatic nitrogens is 2. The van der Waals surface area contributed by atoms with E-state index in [0.29, 0.717) is 11.3 Å². The first-order valence-electron chi connectivity index (χ1n) is 9.21. The van der Waals surface area contributed by atoms with Crippen molar-refractivity contribution in [1.29, 1.82) is 0 Å². The summed E-state index contributed by atoms with van der Waals surface area (Å²) in [5.41, 5.74) is 1.59. The molecule has 0 spiro atoms. The smallest absolute Gasteiger partial charge is 0.275 e. The number of carbonyl (C=O) groups is 2. The lowest BCUT2D eigenvalue weighted by Gasteiger charge is -2.33. The normalized spacial score (nSPS) is 15.6. The van der Waals surface area contributed by atoms with Gasteiger partial charge in [0.25, 0.3) is 5.91 Å². The van der Waals surface area contributed by atoms with Crippen molar-refractivity contribution in [2.45, 2.75) is 11.8 Å². The molecule has 1 aliphatic rings. The number of sulfonamides is 1. The van der Waals surface area contributed by atoms with Crippen LogP contribution < -0.4 is 0 Å². The Hall–Kier alpha value is -3.04. The summed E-state index contributed by atoms with van der Waals surface area (Å²) in [6, 6.07) is 13.3. The van der Waals surface area contributed by atoms with Crippen LogP contribution >= 0.6 is 0 Å². The SMILES string of the molecule is CC(=O)c1ccc(S(=O)(=O)N2CCN(C(=O)c3n[nH]c4ccccc34)CC2)cc1. The van der Waals surface area contributed by atoms with Gasteiger partial charge in [-0.05, 0) is 25.1 Å². The molecule has 0 atom stereocenters. The van der Waals surface area contributed by atoms with E-state index in [2.05, 4.69) is 10.2 Å². The van der Waals surface area contributed by atoms with Crippen molar-refractivity contribution in [3.8, 4) is 0 Å². The standard InChI is InChI=1S/C20H20N4O4S/c1-14(25)15-6-8-16(9-7-15)29(27,28)24-12-10-23(11-13-24)20(26)19-17-4-2-3-5-18(17)21-22-19/h2-9H,10-13H2,1H3,(H,21,22). The predicted octanol–water partition coefficient (Wildman–Crippen LogP) is 1.91. The van der Waals surface area contributed by atoms with Crippen LogP contribution in [0.3, 0.4) is 0 Å². The monoisotopic (exact) mass is 412 g/mol. The molecule has 2 aromatic carbocycles. The van der Waals surface area contributed by atoms with Gasteiger partial charge in [-0.1, -0.05) is 30.3 Å². The van der Waals surface area contributed by atoms with Crippen LogP contribution in [0.15, 0.2) is 53.4 Å². The molecule has 0 aliphatic carbocycles. The molecule has 1 saturated heterocycles. The molecule has 0 radical (unpaired) electrons. The summed E-state index contributed by atoms with van der Waals surface area (Å²) in [7, 11) is -3.68. The first kappa shape index (κ1) is 19.3. The summed E-state index contributed by atoms with van der Waals surface area (Å²) in [4.78, 5) is 26.0. The minimum atomic E-state index is -3.68. The Labute approximate surface area is 168 Å². The van der Waals surface area contributed by atoms with Crippen LogP contribution in [0.25, 0.3) is 10.9 Å². The molecule has 0 saturated carbocycles. The molecule has 4 rings (SSSR count). The van der Waals surface area contributed by atoms with E-state index in [1.165, 1.54) is 35.5 Å². The minimum Gasteiger partial charge on any atom is -0.335 e. The van der Waals surface area contributed by atoms with Gasteiger partial charge in [-0.2, -0.15) is 9.40 Å². The van der Waals surface area contributed by atoms with Gasteiger partial charge in [-0.25, -0.2) is 8.42 Å². The van der Waals surface area contributed by atoms with Gasteiger partial charge in [-0.15, -0.1) is 0 Å². The van der Waals surface area contributed by atoms with Gasteiger partial charge in [0, 0.05) is 37.1 Å². The summed E-state index contributed by atoms with van der Waals surface area (Å²) < 4.78 is 27.1. The topological polar surface area (TPSA) is 103 Å². The van der Waals surface area contributed by atoms with Crippen molar-refractivity contribution >= 4 is 32.6 Å². The van der Waals surface area contributed by atoms with Gasteiger partial charge in [0.1, 0.15) is 0 Å². The number of para-hydroxylation sites is 1. The number of rotatable bonds is 4. The maximum atomic E-state index is 12.9. The van der Waals surface area contributed by atoms with Gasteiger partial charge in [0.05, 0.1) is 10.4 Å². The number of ketones is 1. The lowest BCUT2D eigenvalue weighted by molar-refractivity contribution is 0.0693. The Bertz CT molecular complexity index is 1180. The molecule has 1 amide bonds. The number of amides is 1. The Morgan fingerprint density at radius 3 is 2.28 bits per heavy atom. The molecule has 150 valence electrons. The number of piperazine rings is 1. The largest absolute Gasteiger partial charge is 0.335 e. The van der Waals surface area contributed by atoms with E-state index in [1.807, 2.05) is 24.3 Å². The third kappa shape index (κ3) is 3.54. The third-order valence-corrected chi connectivity index (χ3v) is 7.01. The fraction of sp³-hybridized carbons (Fsp3) is 0.250. The first-order valence-corrected chi connectivity index (χ1v) is 10.7. The van der Waals surface area contributed by atoms with E-state index in [0.717, 1.165) is 10.9 Å². The summed E-state index contributed by atoms with van der Waals surface area (Å²) in [5, 5.41) is 7.73. The van der Waals surface area contributed by atoms with Gasteiger partial charge < -0.3 is 4.90 Å². The van der Waals surface area contributed by atoms with Crippen LogP contribution in [0.1, 0.15) is 27.8 Å². The van der Waals surface area contributed by atoms with E-state index in [4.69, 9.17) is 0 Å². The molecular formula is C20H20N4O4S. The first-order chi connectivity index (χ1) is 13.9. The highest BCUT2D eigenvalue weighted by Gasteiger charge is 2.31. The van der Waals surface area contributed by atoms with Crippen molar-refractivity contribution in [3.63, 3.8) is 0 Å². The average molecular weight is 412 g/mol. The molecule has 0 bridgehead atoms. The number of carbonyl (C=O) groups excluding carboxylic acids is 2. The zero-order chi connectivity index (χ0) is 20.6. The van der Waals surface area contributed by atoms with Gasteiger partial charge in [-0.3, -0.25) is 14.7 Å². The Morgan fingerprint density at radius 2 is 1.62 bits per heavy atom. The Balaban J connectivity index is 1.47. The van der Waals surface area contributed by atoms with E-state index >= 15 is 0 Å². The maximum absolute atomic E-state index is 12.9. The third-order valence-electron chi connectivity index (χ3n) is 5.10. The molecule has 1 fully saturated rings. The average Bonchev–Trinajstić information content (AvgIpc) is 3.17. The highest BCUT2D eigenvalue weighted by atomic mass is 32.2. The summed E-state index contributed by atoms with van der Waals surface area (Å²) in [5.74, 6) is -0.336. The van der Waals surface area contributed by atoms with Crippen molar-refractivity contribution in [2.24, 2.45) is 0 Å². The molecule has 8 nitrogen and oxygen atoms in total. The highest BCUT2D eigenvalue weighted by molar-refractivity contribution is 7.89. The number of aromatic amines is 1. The lowest BCUT2D eigenvalue weighted by atomic mass is 10.2. The van der Waals surface area contributed by atoms with Crippen LogP contribution in [-0.4, -0.2) is 65.7 Å². The van der Waals surface area contributed by atoms with E-state index in [1.54, 1.807) is 4.90 Å². The molecular weight excluding hydrogens is 392 g/mol. The summed E-state index contributed by atoms with van der Waals surface area (Å²) >= 11 is 0. The lowest BCUT2D eigenvalue weighted by Crippen LogP contribution is -2.50. The van der Waals surface area contributed by atoms with Crippen LogP contribution in [0, 0.1) is 0 Å². The van der Waals surface area contributed by atoms with Crippen molar-refractivity contribution in [2.75, 3.05) is 26.2 Å². The fourth-order valence-electron chi connectivity index (χ4n) is 3.42.